The van der Waals surface area contributed by atoms with Gasteiger partial charge in [-0.3, -0.25) is 4.99 Å². The van der Waals surface area contributed by atoms with E-state index in [9.17, 15) is 5.26 Å². The van der Waals surface area contributed by atoms with E-state index in [2.05, 4.69) is 58.0 Å². The summed E-state index contributed by atoms with van der Waals surface area (Å²) in [5.41, 5.74) is 9.53. The molecule has 3 rings (SSSR count). The highest BCUT2D eigenvalue weighted by Gasteiger charge is 2.16. The van der Waals surface area contributed by atoms with Crippen molar-refractivity contribution in [3.63, 3.8) is 0 Å². The summed E-state index contributed by atoms with van der Waals surface area (Å²) in [6.07, 6.45) is 3.50. The number of para-hydroxylation sites is 1. The minimum Gasteiger partial charge on any atom is -0.382 e. The topological polar surface area (TPSA) is 104 Å². The predicted molar refractivity (Wildman–Crippen MR) is 130 cm³/mol. The average molecular weight is 430 g/mol. The number of nitrogen functional groups attached to an aromatic ring is 1. The molecule has 0 bridgehead atoms. The van der Waals surface area contributed by atoms with Crippen LogP contribution >= 0.6 is 0 Å². The van der Waals surface area contributed by atoms with Gasteiger partial charge in [0, 0.05) is 19.6 Å². The lowest BCUT2D eigenvalue weighted by molar-refractivity contribution is 0.590. The van der Waals surface area contributed by atoms with Gasteiger partial charge in [-0.25, -0.2) is 4.68 Å². The number of aliphatic imine (C=N–C) groups is 1. The van der Waals surface area contributed by atoms with E-state index in [0.29, 0.717) is 30.4 Å². The van der Waals surface area contributed by atoms with E-state index in [1.807, 2.05) is 36.4 Å². The number of hydrogen-bond acceptors (Lipinski definition) is 4. The maximum absolute atomic E-state index is 9.55. The van der Waals surface area contributed by atoms with Crippen molar-refractivity contribution in [1.29, 1.82) is 5.26 Å². The van der Waals surface area contributed by atoms with Gasteiger partial charge in [0.2, 0.25) is 0 Å². The van der Waals surface area contributed by atoms with Crippen LogP contribution in [0.15, 0.2) is 65.7 Å². The van der Waals surface area contributed by atoms with Gasteiger partial charge in [0.1, 0.15) is 17.5 Å². The Kier molecular flexibility index (Phi) is 8.27. The summed E-state index contributed by atoms with van der Waals surface area (Å²) in [5.74, 6) is 1.16. The number of nitrogens with zero attached hydrogens (tertiary/aromatic N) is 4. The zero-order valence-electron chi connectivity index (χ0n) is 18.8. The second-order valence-electron chi connectivity index (χ2n) is 7.74. The Bertz CT molecular complexity index is 1050. The van der Waals surface area contributed by atoms with Crippen molar-refractivity contribution in [2.75, 3.05) is 19.3 Å². The molecule has 0 fully saturated rings. The molecule has 1 aromatic heterocycles. The summed E-state index contributed by atoms with van der Waals surface area (Å²) in [6, 6.07) is 22.6. The molecular formula is C25H31N7. The van der Waals surface area contributed by atoms with Crippen LogP contribution in [0.3, 0.4) is 0 Å². The maximum Gasteiger partial charge on any atom is 0.191 e. The third-order valence-electron chi connectivity index (χ3n) is 5.30. The molecule has 0 saturated carbocycles. The van der Waals surface area contributed by atoms with E-state index in [1.54, 1.807) is 11.7 Å². The molecule has 1 heterocycles. The fraction of sp³-hybridized carbons (Fsp3) is 0.320. The van der Waals surface area contributed by atoms with Gasteiger partial charge in [-0.2, -0.15) is 10.4 Å². The van der Waals surface area contributed by atoms with Gasteiger partial charge in [0.15, 0.2) is 5.96 Å². The van der Waals surface area contributed by atoms with E-state index in [0.717, 1.165) is 36.6 Å². The van der Waals surface area contributed by atoms with Gasteiger partial charge < -0.3 is 16.4 Å². The minimum atomic E-state index is 0.299. The fourth-order valence-corrected chi connectivity index (χ4v) is 3.53. The number of hydrogen-bond donors (Lipinski definition) is 3. The van der Waals surface area contributed by atoms with E-state index in [-0.39, 0.29) is 0 Å². The molecule has 166 valence electrons. The molecule has 3 aromatic rings. The molecule has 7 heteroatoms. The van der Waals surface area contributed by atoms with Crippen LogP contribution in [0.4, 0.5) is 5.82 Å². The van der Waals surface area contributed by atoms with E-state index in [4.69, 9.17) is 5.73 Å². The van der Waals surface area contributed by atoms with Gasteiger partial charge in [0.25, 0.3) is 0 Å². The highest BCUT2D eigenvalue weighted by molar-refractivity contribution is 5.79. The summed E-state index contributed by atoms with van der Waals surface area (Å²) in [6.45, 7) is 2.88. The molecule has 7 nitrogen and oxygen atoms in total. The molecule has 0 spiro atoms. The first-order valence-electron chi connectivity index (χ1n) is 11.0. The lowest BCUT2D eigenvalue weighted by Crippen LogP contribution is -2.42. The molecule has 0 aliphatic rings. The Balaban J connectivity index is 1.48. The predicted octanol–water partition coefficient (Wildman–Crippen LogP) is 3.45. The lowest BCUT2D eigenvalue weighted by Gasteiger charge is -2.18. The number of nitrogens with two attached hydrogens (primary N) is 1. The smallest absolute Gasteiger partial charge is 0.191 e. The number of nitrogens with one attached hydrogen (secondary N) is 2. The molecule has 1 unspecified atom stereocenters. The van der Waals surface area contributed by atoms with Crippen molar-refractivity contribution in [1.82, 2.24) is 20.4 Å². The zero-order valence-corrected chi connectivity index (χ0v) is 18.8. The van der Waals surface area contributed by atoms with Crippen LogP contribution < -0.4 is 16.4 Å². The summed E-state index contributed by atoms with van der Waals surface area (Å²) >= 11 is 0. The highest BCUT2D eigenvalue weighted by Crippen LogP contribution is 2.21. The number of anilines is 1. The van der Waals surface area contributed by atoms with Crippen molar-refractivity contribution >= 4 is 11.8 Å². The molecule has 2 aromatic carbocycles. The van der Waals surface area contributed by atoms with Gasteiger partial charge in [-0.1, -0.05) is 48.5 Å². The van der Waals surface area contributed by atoms with Crippen LogP contribution in [-0.4, -0.2) is 35.4 Å². The third kappa shape index (κ3) is 6.11. The molecule has 0 aliphatic heterocycles. The van der Waals surface area contributed by atoms with Crippen molar-refractivity contribution in [2.45, 2.75) is 38.6 Å². The Morgan fingerprint density at radius 2 is 1.81 bits per heavy atom. The lowest BCUT2D eigenvalue weighted by atomic mass is 10.1. The first kappa shape index (κ1) is 22.9. The summed E-state index contributed by atoms with van der Waals surface area (Å²) in [5, 5.41) is 20.9. The SMILES string of the molecule is CN=C(NCCCc1nn(-c2ccccc2)c(N)c1C#N)NC(C)CCc1ccccc1. The summed E-state index contributed by atoms with van der Waals surface area (Å²) in [7, 11) is 1.77. The third-order valence-corrected chi connectivity index (χ3v) is 5.30. The average Bonchev–Trinajstić information content (AvgIpc) is 3.15. The first-order valence-corrected chi connectivity index (χ1v) is 11.0. The first-order chi connectivity index (χ1) is 15.6. The second-order valence-corrected chi connectivity index (χ2v) is 7.74. The summed E-state index contributed by atoms with van der Waals surface area (Å²) in [4.78, 5) is 4.32. The van der Waals surface area contributed by atoms with Gasteiger partial charge in [-0.15, -0.1) is 0 Å². The number of nitriles is 1. The van der Waals surface area contributed by atoms with Crippen LogP contribution in [0.5, 0.6) is 0 Å². The number of aryl methyl sites for hydroxylation is 2. The summed E-state index contributed by atoms with van der Waals surface area (Å²) < 4.78 is 1.64. The van der Waals surface area contributed by atoms with E-state index in [1.165, 1.54) is 5.56 Å². The van der Waals surface area contributed by atoms with Crippen LogP contribution in [0.25, 0.3) is 5.69 Å². The molecule has 4 N–H and O–H groups in total. The monoisotopic (exact) mass is 429 g/mol. The van der Waals surface area contributed by atoms with Gasteiger partial charge in [-0.05, 0) is 50.3 Å². The number of rotatable bonds is 9. The van der Waals surface area contributed by atoms with Crippen LogP contribution in [-0.2, 0) is 12.8 Å². The number of benzene rings is 2. The van der Waals surface area contributed by atoms with E-state index >= 15 is 0 Å². The van der Waals surface area contributed by atoms with Crippen molar-refractivity contribution < 1.29 is 0 Å². The molecular weight excluding hydrogens is 398 g/mol. The standard InChI is InChI=1S/C25H31N7/c1-19(15-16-20-10-5-3-6-11-20)30-25(28-2)29-17-9-14-23-22(18-26)24(27)32(31-23)21-12-7-4-8-13-21/h3-8,10-13,19H,9,14-17,27H2,1-2H3,(H2,28,29,30). The second kappa shape index (κ2) is 11.6. The number of aromatic nitrogens is 2. The van der Waals surface area contributed by atoms with Gasteiger partial charge >= 0.3 is 0 Å². The Morgan fingerprint density at radius 1 is 1.12 bits per heavy atom. The Morgan fingerprint density at radius 3 is 2.47 bits per heavy atom. The van der Waals surface area contributed by atoms with Crippen LogP contribution in [0, 0.1) is 11.3 Å². The quantitative estimate of drug-likeness (QED) is 0.275. The van der Waals surface area contributed by atoms with Crippen molar-refractivity contribution in [2.24, 2.45) is 4.99 Å². The van der Waals surface area contributed by atoms with Gasteiger partial charge in [0.05, 0.1) is 11.4 Å². The van der Waals surface area contributed by atoms with Crippen LogP contribution in [0.1, 0.15) is 36.6 Å². The van der Waals surface area contributed by atoms with Crippen molar-refractivity contribution in [3.05, 3.63) is 77.5 Å². The highest BCUT2D eigenvalue weighted by atomic mass is 15.3. The zero-order chi connectivity index (χ0) is 22.8. The van der Waals surface area contributed by atoms with Crippen molar-refractivity contribution in [3.8, 4) is 11.8 Å². The normalized spacial score (nSPS) is 12.2. The Hall–Kier alpha value is -3.79. The maximum atomic E-state index is 9.55. The molecule has 0 saturated heterocycles. The van der Waals surface area contributed by atoms with Crippen LogP contribution in [0.2, 0.25) is 0 Å². The molecule has 0 amide bonds. The molecule has 0 aliphatic carbocycles. The fourth-order valence-electron chi connectivity index (χ4n) is 3.53. The molecule has 1 atom stereocenters. The van der Waals surface area contributed by atoms with E-state index < -0.39 is 0 Å². The Labute approximate surface area is 190 Å². The minimum absolute atomic E-state index is 0.299. The molecule has 32 heavy (non-hydrogen) atoms. The number of guanidine groups is 1. The largest absolute Gasteiger partial charge is 0.382 e. The molecule has 0 radical (unpaired) electrons.